The Bertz CT molecular complexity index is 1280. The summed E-state index contributed by atoms with van der Waals surface area (Å²) < 4.78 is 10.8. The summed E-state index contributed by atoms with van der Waals surface area (Å²) in [4.78, 5) is 18.9. The third-order valence-corrected chi connectivity index (χ3v) is 4.92. The van der Waals surface area contributed by atoms with Gasteiger partial charge in [0.05, 0.1) is 42.3 Å². The monoisotopic (exact) mass is 416 g/mol. The van der Waals surface area contributed by atoms with Gasteiger partial charge in [-0.1, -0.05) is 30.3 Å². The van der Waals surface area contributed by atoms with Crippen molar-refractivity contribution in [3.05, 3.63) is 83.4 Å². The molecule has 4 rings (SSSR count). The first-order valence-electron chi connectivity index (χ1n) is 9.46. The van der Waals surface area contributed by atoms with Crippen molar-refractivity contribution in [3.63, 3.8) is 0 Å². The first-order chi connectivity index (χ1) is 15.0. The number of nitrogens with one attached hydrogen (secondary N) is 1. The second kappa shape index (κ2) is 8.23. The maximum absolute atomic E-state index is 11.2. The van der Waals surface area contributed by atoms with E-state index in [1.165, 1.54) is 12.1 Å². The van der Waals surface area contributed by atoms with Crippen LogP contribution in [-0.4, -0.2) is 41.1 Å². The Morgan fingerprint density at radius 2 is 1.55 bits per heavy atom. The quantitative estimate of drug-likeness (QED) is 0.393. The number of carbonyl (C=O) groups is 1. The highest BCUT2D eigenvalue weighted by atomic mass is 16.5. The number of aliphatic imine (C=N–C) groups is 1. The molecular formula is C24H20N2O5. The Balaban J connectivity index is 1.95. The van der Waals surface area contributed by atoms with E-state index in [0.717, 1.165) is 5.56 Å². The molecule has 7 nitrogen and oxygen atoms in total. The molecule has 31 heavy (non-hydrogen) atoms. The highest BCUT2D eigenvalue weighted by Gasteiger charge is 2.21. The Hall–Kier alpha value is -4.26. The van der Waals surface area contributed by atoms with E-state index < -0.39 is 5.97 Å². The number of aromatic hydroxyl groups is 1. The summed E-state index contributed by atoms with van der Waals surface area (Å²) in [6.07, 6.45) is 0. The van der Waals surface area contributed by atoms with E-state index in [-0.39, 0.29) is 11.4 Å². The van der Waals surface area contributed by atoms with Gasteiger partial charge in [0, 0.05) is 17.0 Å². The third-order valence-electron chi connectivity index (χ3n) is 4.92. The predicted octanol–water partition coefficient (Wildman–Crippen LogP) is 4.76. The second-order valence-corrected chi connectivity index (χ2v) is 6.78. The van der Waals surface area contributed by atoms with Gasteiger partial charge >= 0.3 is 5.97 Å². The Morgan fingerprint density at radius 1 is 0.903 bits per heavy atom. The molecule has 0 bridgehead atoms. The van der Waals surface area contributed by atoms with E-state index >= 15 is 0 Å². The van der Waals surface area contributed by atoms with Crippen molar-refractivity contribution in [2.24, 2.45) is 4.99 Å². The molecule has 3 aromatic carbocycles. The zero-order valence-electron chi connectivity index (χ0n) is 16.9. The summed E-state index contributed by atoms with van der Waals surface area (Å²) in [7, 11) is 3.09. The largest absolute Gasteiger partial charge is 0.494 e. The Labute approximate surface area is 178 Å². The van der Waals surface area contributed by atoms with Crippen molar-refractivity contribution in [1.29, 1.82) is 0 Å². The molecule has 0 unspecified atom stereocenters. The van der Waals surface area contributed by atoms with Crippen LogP contribution in [0.15, 0.2) is 71.7 Å². The maximum atomic E-state index is 11.2. The lowest BCUT2D eigenvalue weighted by Gasteiger charge is -2.10. The fraction of sp³-hybridized carbons (Fsp3) is 0.0833. The van der Waals surface area contributed by atoms with Crippen LogP contribution in [0.3, 0.4) is 0 Å². The highest BCUT2D eigenvalue weighted by molar-refractivity contribution is 6.22. The molecular weight excluding hydrogens is 396 g/mol. The van der Waals surface area contributed by atoms with E-state index in [4.69, 9.17) is 19.6 Å². The summed E-state index contributed by atoms with van der Waals surface area (Å²) >= 11 is 0. The average molecular weight is 416 g/mol. The van der Waals surface area contributed by atoms with Gasteiger partial charge in [-0.2, -0.15) is 0 Å². The molecule has 0 aliphatic carbocycles. The van der Waals surface area contributed by atoms with Gasteiger partial charge in [0.25, 0.3) is 0 Å². The van der Waals surface area contributed by atoms with Gasteiger partial charge in [-0.15, -0.1) is 0 Å². The summed E-state index contributed by atoms with van der Waals surface area (Å²) in [6.45, 7) is 0. The standard InChI is InChI=1S/C24H20N2O5/c1-30-19-12-17-18(13-20(19)31-2)26-23(27)21(17)22(14-6-4-3-5-7-14)25-16-10-8-15(9-11-16)24(28)29/h3-13,26-27H,1-2H3,(H,28,29). The number of fused-ring (bicyclic) bond motifs is 1. The number of benzene rings is 3. The second-order valence-electron chi connectivity index (χ2n) is 6.78. The summed E-state index contributed by atoms with van der Waals surface area (Å²) in [5.41, 5.74) is 3.21. The first-order valence-corrected chi connectivity index (χ1v) is 9.46. The molecule has 1 heterocycles. The van der Waals surface area contributed by atoms with Gasteiger partial charge in [0.2, 0.25) is 0 Å². The fourth-order valence-corrected chi connectivity index (χ4v) is 3.42. The van der Waals surface area contributed by atoms with Crippen LogP contribution >= 0.6 is 0 Å². The number of aromatic nitrogens is 1. The normalized spacial score (nSPS) is 11.5. The van der Waals surface area contributed by atoms with Gasteiger partial charge in [0.15, 0.2) is 17.4 Å². The van der Waals surface area contributed by atoms with Gasteiger partial charge < -0.3 is 24.7 Å². The molecule has 7 heteroatoms. The minimum absolute atomic E-state index is 0.0462. The molecule has 0 saturated carbocycles. The third kappa shape index (κ3) is 3.81. The van der Waals surface area contributed by atoms with Crippen molar-refractivity contribution in [2.75, 3.05) is 14.2 Å². The van der Waals surface area contributed by atoms with Crippen LogP contribution in [0.2, 0.25) is 0 Å². The minimum atomic E-state index is -1.01. The fourth-order valence-electron chi connectivity index (χ4n) is 3.42. The molecule has 0 saturated heterocycles. The summed E-state index contributed by atoms with van der Waals surface area (Å²) in [5, 5.41) is 20.6. The maximum Gasteiger partial charge on any atom is 0.335 e. The van der Waals surface area contributed by atoms with Gasteiger partial charge in [-0.05, 0) is 30.3 Å². The van der Waals surface area contributed by atoms with Crippen LogP contribution in [0.4, 0.5) is 5.69 Å². The lowest BCUT2D eigenvalue weighted by molar-refractivity contribution is 0.0697. The molecule has 0 atom stereocenters. The Kier molecular flexibility index (Phi) is 5.32. The number of hydrogen-bond acceptors (Lipinski definition) is 5. The highest BCUT2D eigenvalue weighted by Crippen LogP contribution is 2.38. The number of aromatic amines is 1. The molecule has 0 amide bonds. The topological polar surface area (TPSA) is 104 Å². The molecule has 0 aliphatic rings. The Morgan fingerprint density at radius 3 is 2.16 bits per heavy atom. The molecule has 0 radical (unpaired) electrons. The number of hydrogen-bond donors (Lipinski definition) is 3. The number of methoxy groups -OCH3 is 2. The number of aromatic carboxylic acids is 1. The summed E-state index contributed by atoms with van der Waals surface area (Å²) in [6, 6.07) is 19.2. The van der Waals surface area contributed by atoms with Crippen LogP contribution in [-0.2, 0) is 0 Å². The molecule has 4 aromatic rings. The average Bonchev–Trinajstić information content (AvgIpc) is 3.11. The van der Waals surface area contributed by atoms with Gasteiger partial charge in [-0.3, -0.25) is 0 Å². The molecule has 0 fully saturated rings. The van der Waals surface area contributed by atoms with Crippen LogP contribution < -0.4 is 9.47 Å². The van der Waals surface area contributed by atoms with E-state index in [1.807, 2.05) is 30.3 Å². The van der Waals surface area contributed by atoms with Gasteiger partial charge in [0.1, 0.15) is 0 Å². The number of nitrogens with zero attached hydrogens (tertiary/aromatic N) is 1. The van der Waals surface area contributed by atoms with Gasteiger partial charge in [-0.25, -0.2) is 9.79 Å². The number of ether oxygens (including phenoxy) is 2. The number of H-pyrrole nitrogens is 1. The lowest BCUT2D eigenvalue weighted by atomic mass is 10.0. The van der Waals surface area contributed by atoms with Crippen LogP contribution in [0.5, 0.6) is 17.4 Å². The van der Waals surface area contributed by atoms with Crippen molar-refractivity contribution in [2.45, 2.75) is 0 Å². The zero-order chi connectivity index (χ0) is 22.0. The molecule has 3 N–H and O–H groups in total. The van der Waals surface area contributed by atoms with E-state index in [9.17, 15) is 9.90 Å². The van der Waals surface area contributed by atoms with Crippen molar-refractivity contribution < 1.29 is 24.5 Å². The van der Waals surface area contributed by atoms with Crippen molar-refractivity contribution in [1.82, 2.24) is 4.98 Å². The van der Waals surface area contributed by atoms with Crippen molar-refractivity contribution in [3.8, 4) is 17.4 Å². The smallest absolute Gasteiger partial charge is 0.335 e. The number of rotatable bonds is 6. The molecule has 156 valence electrons. The van der Waals surface area contributed by atoms with Crippen LogP contribution in [0, 0.1) is 0 Å². The van der Waals surface area contributed by atoms with Crippen LogP contribution in [0.25, 0.3) is 10.9 Å². The SMILES string of the molecule is COc1cc2[nH]c(O)c(C(=Nc3ccc(C(=O)O)cc3)c3ccccc3)c2cc1OC. The minimum Gasteiger partial charge on any atom is -0.494 e. The lowest BCUT2D eigenvalue weighted by Crippen LogP contribution is -2.03. The molecule has 1 aromatic heterocycles. The predicted molar refractivity (Wildman–Crippen MR) is 118 cm³/mol. The first kappa shape index (κ1) is 20.0. The summed E-state index contributed by atoms with van der Waals surface area (Å²) in [5.74, 6) is 0.00271. The molecule has 0 aliphatic heterocycles. The van der Waals surface area contributed by atoms with Crippen molar-refractivity contribution >= 4 is 28.3 Å². The zero-order valence-corrected chi connectivity index (χ0v) is 16.9. The van der Waals surface area contributed by atoms with Crippen LogP contribution in [0.1, 0.15) is 21.5 Å². The van der Waals surface area contributed by atoms with E-state index in [0.29, 0.717) is 39.4 Å². The van der Waals surface area contributed by atoms with E-state index in [2.05, 4.69) is 4.98 Å². The number of carboxylic acids is 1. The molecule has 0 spiro atoms. The number of carboxylic acid groups (broad SMARTS) is 1. The van der Waals surface area contributed by atoms with E-state index in [1.54, 1.807) is 38.5 Å².